The fraction of sp³-hybridized carbons (Fsp3) is 0.833. The van der Waals surface area contributed by atoms with Crippen LogP contribution in [0.15, 0.2) is 12.2 Å². The molecule has 0 aromatic rings. The highest BCUT2D eigenvalue weighted by atomic mass is 14.6. The first-order valence-electron chi connectivity index (χ1n) is 5.44. The van der Waals surface area contributed by atoms with Crippen LogP contribution in [0.25, 0.3) is 0 Å². The van der Waals surface area contributed by atoms with E-state index < -0.39 is 0 Å². The molecule has 2 bridgehead atoms. The van der Waals surface area contributed by atoms with Crippen LogP contribution >= 0.6 is 0 Å². The van der Waals surface area contributed by atoms with Gasteiger partial charge in [-0.15, -0.1) is 0 Å². The summed E-state index contributed by atoms with van der Waals surface area (Å²) in [6, 6.07) is 0. The van der Waals surface area contributed by atoms with Gasteiger partial charge < -0.3 is 0 Å². The minimum atomic E-state index is 0.558. The van der Waals surface area contributed by atoms with E-state index in [-0.39, 0.29) is 0 Å². The van der Waals surface area contributed by atoms with E-state index >= 15 is 0 Å². The van der Waals surface area contributed by atoms with Crippen molar-refractivity contribution < 1.29 is 0 Å². The lowest BCUT2D eigenvalue weighted by molar-refractivity contribution is 0.211. The van der Waals surface area contributed by atoms with E-state index in [4.69, 9.17) is 0 Å². The lowest BCUT2D eigenvalue weighted by Crippen LogP contribution is -2.28. The molecule has 0 N–H and O–H groups in total. The SMILES string of the molecule is C=C1C2CCC(C2)C1(CC)CC. The zero-order chi connectivity index (χ0) is 8.77. The van der Waals surface area contributed by atoms with Crippen molar-refractivity contribution in [2.45, 2.75) is 46.0 Å². The van der Waals surface area contributed by atoms with Gasteiger partial charge in [-0.3, -0.25) is 0 Å². The summed E-state index contributed by atoms with van der Waals surface area (Å²) in [7, 11) is 0. The summed E-state index contributed by atoms with van der Waals surface area (Å²) in [6.07, 6.45) is 7.02. The van der Waals surface area contributed by atoms with Gasteiger partial charge >= 0.3 is 0 Å². The molecule has 0 amide bonds. The zero-order valence-electron chi connectivity index (χ0n) is 8.40. The van der Waals surface area contributed by atoms with Crippen LogP contribution in [0, 0.1) is 17.3 Å². The molecule has 0 spiro atoms. The molecule has 0 radical (unpaired) electrons. The predicted octanol–water partition coefficient (Wildman–Crippen LogP) is 3.78. The molecule has 12 heavy (non-hydrogen) atoms. The topological polar surface area (TPSA) is 0 Å². The highest BCUT2D eigenvalue weighted by Gasteiger charge is 2.51. The molecule has 0 aliphatic heterocycles. The molecular weight excluding hydrogens is 144 g/mol. The van der Waals surface area contributed by atoms with Gasteiger partial charge in [0.05, 0.1) is 0 Å². The van der Waals surface area contributed by atoms with Crippen molar-refractivity contribution in [3.8, 4) is 0 Å². The Kier molecular flexibility index (Phi) is 1.82. The first-order valence-corrected chi connectivity index (χ1v) is 5.44. The van der Waals surface area contributed by atoms with Gasteiger partial charge in [0.15, 0.2) is 0 Å². The van der Waals surface area contributed by atoms with Gasteiger partial charge in [-0.05, 0) is 49.4 Å². The Morgan fingerprint density at radius 3 is 2.33 bits per heavy atom. The second-order valence-electron chi connectivity index (χ2n) is 4.60. The molecule has 2 rings (SSSR count). The number of hydrogen-bond donors (Lipinski definition) is 0. The van der Waals surface area contributed by atoms with Crippen LogP contribution in [-0.2, 0) is 0 Å². The number of fused-ring (bicyclic) bond motifs is 2. The average molecular weight is 164 g/mol. The van der Waals surface area contributed by atoms with Gasteiger partial charge in [0.1, 0.15) is 0 Å². The van der Waals surface area contributed by atoms with Crippen molar-refractivity contribution in [2.75, 3.05) is 0 Å². The monoisotopic (exact) mass is 164 g/mol. The molecule has 2 saturated carbocycles. The third-order valence-electron chi connectivity index (χ3n) is 4.61. The van der Waals surface area contributed by atoms with E-state index in [0.29, 0.717) is 5.41 Å². The Balaban J connectivity index is 2.30. The summed E-state index contributed by atoms with van der Waals surface area (Å²) in [5.74, 6) is 1.89. The van der Waals surface area contributed by atoms with Crippen LogP contribution in [0.1, 0.15) is 46.0 Å². The molecule has 0 heterocycles. The third kappa shape index (κ3) is 0.787. The quantitative estimate of drug-likeness (QED) is 0.545. The highest BCUT2D eigenvalue weighted by Crippen LogP contribution is 2.61. The Labute approximate surface area is 76.1 Å². The third-order valence-corrected chi connectivity index (χ3v) is 4.61. The van der Waals surface area contributed by atoms with Crippen LogP contribution < -0.4 is 0 Å². The van der Waals surface area contributed by atoms with Gasteiger partial charge in [0.25, 0.3) is 0 Å². The Hall–Kier alpha value is -0.260. The van der Waals surface area contributed by atoms with Crippen molar-refractivity contribution in [2.24, 2.45) is 17.3 Å². The van der Waals surface area contributed by atoms with Crippen LogP contribution in [0.3, 0.4) is 0 Å². The molecule has 2 aliphatic carbocycles. The largest absolute Gasteiger partial charge is 0.0990 e. The van der Waals surface area contributed by atoms with Crippen molar-refractivity contribution in [3.05, 3.63) is 12.2 Å². The lowest BCUT2D eigenvalue weighted by atomic mass is 9.67. The van der Waals surface area contributed by atoms with E-state index in [1.54, 1.807) is 5.57 Å². The Morgan fingerprint density at radius 2 is 2.00 bits per heavy atom. The molecule has 0 saturated heterocycles. The van der Waals surface area contributed by atoms with Crippen LogP contribution in [-0.4, -0.2) is 0 Å². The van der Waals surface area contributed by atoms with Crippen LogP contribution in [0.5, 0.6) is 0 Å². The van der Waals surface area contributed by atoms with Gasteiger partial charge in [-0.2, -0.15) is 0 Å². The average Bonchev–Trinajstić information content (AvgIpc) is 2.64. The molecule has 2 aliphatic rings. The molecular formula is C12H20. The minimum Gasteiger partial charge on any atom is -0.0990 e. The molecule has 0 aromatic carbocycles. The summed E-state index contributed by atoms with van der Waals surface area (Å²) < 4.78 is 0. The number of hydrogen-bond acceptors (Lipinski definition) is 0. The Morgan fingerprint density at radius 1 is 1.33 bits per heavy atom. The van der Waals surface area contributed by atoms with Crippen molar-refractivity contribution in [1.82, 2.24) is 0 Å². The van der Waals surface area contributed by atoms with Crippen LogP contribution in [0.2, 0.25) is 0 Å². The van der Waals surface area contributed by atoms with Gasteiger partial charge in [0, 0.05) is 0 Å². The van der Waals surface area contributed by atoms with Gasteiger partial charge in [0.2, 0.25) is 0 Å². The molecule has 2 atom stereocenters. The number of allylic oxidation sites excluding steroid dienone is 1. The summed E-state index contributed by atoms with van der Waals surface area (Å²) in [5.41, 5.74) is 2.16. The van der Waals surface area contributed by atoms with E-state index in [2.05, 4.69) is 20.4 Å². The van der Waals surface area contributed by atoms with Gasteiger partial charge in [-0.25, -0.2) is 0 Å². The smallest absolute Gasteiger partial charge is 0.00648 e. The summed E-state index contributed by atoms with van der Waals surface area (Å²) in [6.45, 7) is 9.02. The van der Waals surface area contributed by atoms with E-state index in [1.165, 1.54) is 32.1 Å². The fourth-order valence-corrected chi connectivity index (χ4v) is 3.75. The lowest BCUT2D eigenvalue weighted by Gasteiger charge is -2.38. The first-order chi connectivity index (χ1) is 5.74. The van der Waals surface area contributed by atoms with Crippen molar-refractivity contribution >= 4 is 0 Å². The molecule has 0 heteroatoms. The van der Waals surface area contributed by atoms with Crippen molar-refractivity contribution in [3.63, 3.8) is 0 Å². The van der Waals surface area contributed by atoms with E-state index in [9.17, 15) is 0 Å². The Bertz CT molecular complexity index is 198. The predicted molar refractivity (Wildman–Crippen MR) is 53.0 cm³/mol. The van der Waals surface area contributed by atoms with Crippen LogP contribution in [0.4, 0.5) is 0 Å². The van der Waals surface area contributed by atoms with E-state index in [1.807, 2.05) is 0 Å². The minimum absolute atomic E-state index is 0.558. The summed E-state index contributed by atoms with van der Waals surface area (Å²) in [5, 5.41) is 0. The fourth-order valence-electron chi connectivity index (χ4n) is 3.75. The maximum Gasteiger partial charge on any atom is -0.00648 e. The normalized spacial score (nSPS) is 37.7. The molecule has 2 fully saturated rings. The zero-order valence-corrected chi connectivity index (χ0v) is 8.40. The molecule has 68 valence electrons. The maximum atomic E-state index is 4.33. The first kappa shape index (κ1) is 8.34. The van der Waals surface area contributed by atoms with Gasteiger partial charge in [-0.1, -0.05) is 26.0 Å². The second kappa shape index (κ2) is 2.61. The summed E-state index contributed by atoms with van der Waals surface area (Å²) in [4.78, 5) is 0. The highest BCUT2D eigenvalue weighted by molar-refractivity contribution is 5.24. The maximum absolute atomic E-state index is 4.33. The van der Waals surface area contributed by atoms with Crippen molar-refractivity contribution in [1.29, 1.82) is 0 Å². The standard InChI is InChI=1S/C12H20/c1-4-12(5-2)9(3)10-6-7-11(12)8-10/h10-11H,3-8H2,1-2H3. The summed E-state index contributed by atoms with van der Waals surface area (Å²) >= 11 is 0. The molecule has 0 nitrogen and oxygen atoms in total. The number of rotatable bonds is 2. The second-order valence-corrected chi connectivity index (χ2v) is 4.60. The molecule has 2 unspecified atom stereocenters. The van der Waals surface area contributed by atoms with E-state index in [0.717, 1.165) is 11.8 Å². The molecule has 0 aromatic heterocycles.